The van der Waals surface area contributed by atoms with E-state index < -0.39 is 0 Å². The minimum Gasteiger partial charge on any atom is -0.357 e. The van der Waals surface area contributed by atoms with Crippen LogP contribution < -0.4 is 10.6 Å². The van der Waals surface area contributed by atoms with Crippen LogP contribution in [-0.4, -0.2) is 28.7 Å². The summed E-state index contributed by atoms with van der Waals surface area (Å²) >= 11 is 0. The molecular formula is C10H18IN5O. The molecule has 1 aliphatic rings. The maximum Gasteiger partial charge on any atom is 0.223 e. The summed E-state index contributed by atoms with van der Waals surface area (Å²) < 4.78 is 4.88. The monoisotopic (exact) mass is 351 g/mol. The highest BCUT2D eigenvalue weighted by Gasteiger charge is 2.22. The van der Waals surface area contributed by atoms with E-state index in [9.17, 15) is 0 Å². The lowest BCUT2D eigenvalue weighted by Gasteiger charge is -2.09. The van der Waals surface area contributed by atoms with Gasteiger partial charge in [0.1, 0.15) is 6.54 Å². The average molecular weight is 351 g/mol. The number of hydrogen-bond acceptors (Lipinski definition) is 4. The first-order valence-corrected chi connectivity index (χ1v) is 5.62. The van der Waals surface area contributed by atoms with Gasteiger partial charge in [-0.3, -0.25) is 0 Å². The van der Waals surface area contributed by atoms with E-state index in [1.807, 2.05) is 6.92 Å². The van der Waals surface area contributed by atoms with Crippen LogP contribution in [0.3, 0.4) is 0 Å². The summed E-state index contributed by atoms with van der Waals surface area (Å²) in [5.41, 5.74) is 0. The molecule has 96 valence electrons. The molecule has 0 unspecified atom stereocenters. The van der Waals surface area contributed by atoms with Crippen LogP contribution in [0.4, 0.5) is 0 Å². The Balaban J connectivity index is 0.00000144. The van der Waals surface area contributed by atoms with Crippen molar-refractivity contribution in [1.82, 2.24) is 20.8 Å². The number of hydrogen-bond donors (Lipinski definition) is 2. The van der Waals surface area contributed by atoms with Crippen molar-refractivity contribution >= 4 is 29.9 Å². The summed E-state index contributed by atoms with van der Waals surface area (Å²) in [4.78, 5) is 8.48. The second kappa shape index (κ2) is 6.77. The number of aryl methyl sites for hydroxylation is 1. The molecule has 2 rings (SSSR count). The molecule has 0 radical (unpaired) electrons. The molecule has 1 heterocycles. The van der Waals surface area contributed by atoms with Gasteiger partial charge < -0.3 is 15.2 Å². The van der Waals surface area contributed by atoms with E-state index in [1.165, 1.54) is 12.8 Å². The quantitative estimate of drug-likeness (QED) is 0.485. The van der Waals surface area contributed by atoms with Crippen LogP contribution in [0.2, 0.25) is 0 Å². The minimum atomic E-state index is 0. The normalized spacial score (nSPS) is 15.3. The molecule has 0 atom stereocenters. The van der Waals surface area contributed by atoms with E-state index in [2.05, 4.69) is 25.8 Å². The Hall–Kier alpha value is -0.860. The van der Waals surface area contributed by atoms with Crippen molar-refractivity contribution in [3.05, 3.63) is 11.7 Å². The Bertz CT molecular complexity index is 375. The number of aromatic nitrogens is 2. The van der Waals surface area contributed by atoms with Crippen LogP contribution in [0, 0.1) is 6.92 Å². The Kier molecular flexibility index (Phi) is 5.66. The molecule has 6 nitrogen and oxygen atoms in total. The molecule has 1 saturated carbocycles. The van der Waals surface area contributed by atoms with Crippen LogP contribution in [0.15, 0.2) is 9.52 Å². The number of halogens is 1. The number of aliphatic imine (C=N–C) groups is 1. The number of nitrogens with zero attached hydrogens (tertiary/aromatic N) is 3. The Morgan fingerprint density at radius 3 is 2.82 bits per heavy atom. The van der Waals surface area contributed by atoms with Crippen molar-refractivity contribution in [3.8, 4) is 0 Å². The zero-order chi connectivity index (χ0) is 11.4. The van der Waals surface area contributed by atoms with Crippen molar-refractivity contribution in [1.29, 1.82) is 0 Å². The number of guanidine groups is 1. The molecule has 17 heavy (non-hydrogen) atoms. The van der Waals surface area contributed by atoms with Crippen LogP contribution in [0.5, 0.6) is 0 Å². The highest BCUT2D eigenvalue weighted by atomic mass is 127. The highest BCUT2D eigenvalue weighted by Crippen LogP contribution is 2.18. The SMILES string of the molecule is CCNC(=NCc1noc(C)n1)NC1CC1.I. The van der Waals surface area contributed by atoms with Crippen molar-refractivity contribution in [2.24, 2.45) is 4.99 Å². The van der Waals surface area contributed by atoms with Gasteiger partial charge in [-0.25, -0.2) is 4.99 Å². The smallest absolute Gasteiger partial charge is 0.223 e. The van der Waals surface area contributed by atoms with E-state index in [0.29, 0.717) is 24.3 Å². The van der Waals surface area contributed by atoms with Crippen molar-refractivity contribution in [3.63, 3.8) is 0 Å². The van der Waals surface area contributed by atoms with Gasteiger partial charge in [0.2, 0.25) is 5.89 Å². The van der Waals surface area contributed by atoms with Gasteiger partial charge in [0, 0.05) is 19.5 Å². The summed E-state index contributed by atoms with van der Waals surface area (Å²) in [5.74, 6) is 2.02. The first kappa shape index (κ1) is 14.2. The molecule has 2 N–H and O–H groups in total. The molecule has 0 aromatic carbocycles. The van der Waals surface area contributed by atoms with Crippen LogP contribution in [-0.2, 0) is 6.54 Å². The van der Waals surface area contributed by atoms with Crippen molar-refractivity contribution < 1.29 is 4.52 Å². The van der Waals surface area contributed by atoms with Crippen LogP contribution in [0.1, 0.15) is 31.5 Å². The van der Waals surface area contributed by atoms with E-state index >= 15 is 0 Å². The Labute approximate surface area is 118 Å². The van der Waals surface area contributed by atoms with E-state index in [-0.39, 0.29) is 24.0 Å². The van der Waals surface area contributed by atoms with Crippen molar-refractivity contribution in [2.45, 2.75) is 39.3 Å². The Morgan fingerprint density at radius 1 is 1.53 bits per heavy atom. The summed E-state index contributed by atoms with van der Waals surface area (Å²) in [6, 6.07) is 0.588. The lowest BCUT2D eigenvalue weighted by atomic mass is 10.6. The van der Waals surface area contributed by atoms with Gasteiger partial charge in [-0.15, -0.1) is 24.0 Å². The van der Waals surface area contributed by atoms with Crippen molar-refractivity contribution in [2.75, 3.05) is 6.54 Å². The van der Waals surface area contributed by atoms with E-state index in [4.69, 9.17) is 4.52 Å². The van der Waals surface area contributed by atoms with E-state index in [0.717, 1.165) is 12.5 Å². The van der Waals surface area contributed by atoms with Crippen LogP contribution in [0.25, 0.3) is 0 Å². The predicted octanol–water partition coefficient (Wildman–Crippen LogP) is 1.21. The molecule has 0 aliphatic heterocycles. The van der Waals surface area contributed by atoms with Gasteiger partial charge in [-0.1, -0.05) is 5.16 Å². The summed E-state index contributed by atoms with van der Waals surface area (Å²) in [6.07, 6.45) is 2.46. The summed E-state index contributed by atoms with van der Waals surface area (Å²) in [6.45, 7) is 5.11. The first-order chi connectivity index (χ1) is 7.78. The molecule has 0 saturated heterocycles. The molecule has 0 spiro atoms. The zero-order valence-corrected chi connectivity index (χ0v) is 12.4. The Morgan fingerprint density at radius 2 is 2.29 bits per heavy atom. The first-order valence-electron chi connectivity index (χ1n) is 5.62. The molecule has 7 heteroatoms. The standard InChI is InChI=1S/C10H17N5O.HI/c1-3-11-10(14-8-4-5-8)12-6-9-13-7(2)16-15-9;/h8H,3-6H2,1-2H3,(H2,11,12,14);1H. The second-order valence-corrected chi connectivity index (χ2v) is 3.84. The molecule has 0 bridgehead atoms. The molecule has 1 aromatic heterocycles. The number of nitrogens with one attached hydrogen (secondary N) is 2. The lowest BCUT2D eigenvalue weighted by molar-refractivity contribution is 0.387. The third-order valence-corrected chi connectivity index (χ3v) is 2.21. The van der Waals surface area contributed by atoms with Gasteiger partial charge in [0.05, 0.1) is 0 Å². The van der Waals surface area contributed by atoms with Gasteiger partial charge in [-0.2, -0.15) is 4.98 Å². The largest absolute Gasteiger partial charge is 0.357 e. The topological polar surface area (TPSA) is 75.3 Å². The molecule has 1 fully saturated rings. The number of rotatable bonds is 4. The molecule has 1 aliphatic carbocycles. The van der Waals surface area contributed by atoms with Gasteiger partial charge in [0.25, 0.3) is 0 Å². The van der Waals surface area contributed by atoms with Gasteiger partial charge in [-0.05, 0) is 19.8 Å². The summed E-state index contributed by atoms with van der Waals surface area (Å²) in [5, 5.41) is 10.3. The summed E-state index contributed by atoms with van der Waals surface area (Å²) in [7, 11) is 0. The second-order valence-electron chi connectivity index (χ2n) is 3.84. The average Bonchev–Trinajstić information content (AvgIpc) is 2.97. The molecule has 0 amide bonds. The molecular weight excluding hydrogens is 333 g/mol. The maximum atomic E-state index is 4.88. The lowest BCUT2D eigenvalue weighted by Crippen LogP contribution is -2.38. The minimum absolute atomic E-state index is 0. The fourth-order valence-electron chi connectivity index (χ4n) is 1.30. The fourth-order valence-corrected chi connectivity index (χ4v) is 1.30. The van der Waals surface area contributed by atoms with Gasteiger partial charge in [0.15, 0.2) is 11.8 Å². The van der Waals surface area contributed by atoms with Gasteiger partial charge >= 0.3 is 0 Å². The van der Waals surface area contributed by atoms with E-state index in [1.54, 1.807) is 6.92 Å². The maximum absolute atomic E-state index is 4.88. The molecule has 1 aromatic rings. The third kappa shape index (κ3) is 4.88. The fraction of sp³-hybridized carbons (Fsp3) is 0.700. The van der Waals surface area contributed by atoms with Crippen LogP contribution >= 0.6 is 24.0 Å². The predicted molar refractivity (Wildman–Crippen MR) is 75.4 cm³/mol. The third-order valence-electron chi connectivity index (χ3n) is 2.21. The zero-order valence-electron chi connectivity index (χ0n) is 10.1. The highest BCUT2D eigenvalue weighted by molar-refractivity contribution is 14.0.